The summed E-state index contributed by atoms with van der Waals surface area (Å²) in [4.78, 5) is 0. The molecule has 0 spiro atoms. The molecule has 2 aromatic carbocycles. The topological polar surface area (TPSA) is 59.7 Å². The summed E-state index contributed by atoms with van der Waals surface area (Å²) in [5.41, 5.74) is 4.75. The highest BCUT2D eigenvalue weighted by Gasteiger charge is 2.15. The number of nitrogens with zero attached hydrogens (tertiary/aromatic N) is 4. The molecule has 0 amide bonds. The van der Waals surface area contributed by atoms with Crippen LogP contribution in [0.5, 0.6) is 0 Å². The summed E-state index contributed by atoms with van der Waals surface area (Å²) in [6.07, 6.45) is 1.88. The minimum absolute atomic E-state index is 0.423. The van der Waals surface area contributed by atoms with Gasteiger partial charge in [0, 0.05) is 16.2 Å². The van der Waals surface area contributed by atoms with E-state index in [0.29, 0.717) is 34.1 Å². The number of rotatable bonds is 6. The van der Waals surface area contributed by atoms with Gasteiger partial charge in [-0.25, -0.2) is 0 Å². The first-order valence-electron chi connectivity index (χ1n) is 10.1. The average Bonchev–Trinajstić information content (AvgIpc) is 3.23. The zero-order valence-corrected chi connectivity index (χ0v) is 21.9. The molecule has 4 aromatic rings. The Bertz CT molecular complexity index is 1320. The second-order valence-corrected chi connectivity index (χ2v) is 9.63. The van der Waals surface area contributed by atoms with Crippen molar-refractivity contribution in [3.05, 3.63) is 91.8 Å². The van der Waals surface area contributed by atoms with E-state index in [1.54, 1.807) is 4.68 Å². The van der Waals surface area contributed by atoms with E-state index in [2.05, 4.69) is 36.8 Å². The first kappa shape index (κ1) is 23.8. The molecule has 10 heteroatoms. The number of aromatic nitrogens is 4. The number of anilines is 2. The van der Waals surface area contributed by atoms with Crippen LogP contribution in [0, 0.1) is 13.8 Å². The molecule has 0 unspecified atom stereocenters. The van der Waals surface area contributed by atoms with Crippen LogP contribution in [-0.4, -0.2) is 24.7 Å². The van der Waals surface area contributed by atoms with Gasteiger partial charge in [-0.3, -0.25) is 9.36 Å². The summed E-state index contributed by atoms with van der Waals surface area (Å²) < 4.78 is 4.53. The van der Waals surface area contributed by atoms with Gasteiger partial charge in [-0.1, -0.05) is 53.5 Å². The Labute approximate surface area is 216 Å². The minimum atomic E-state index is 0.423. The summed E-state index contributed by atoms with van der Waals surface area (Å²) in [5.74, 6) is 0.612. The Morgan fingerprint density at radius 2 is 1.82 bits per heavy atom. The maximum atomic E-state index is 6.27. The molecule has 2 heterocycles. The third-order valence-electron chi connectivity index (χ3n) is 5.08. The lowest BCUT2D eigenvalue weighted by atomic mass is 10.2. The summed E-state index contributed by atoms with van der Waals surface area (Å²) in [6, 6.07) is 15.5. The first-order chi connectivity index (χ1) is 15.8. The van der Waals surface area contributed by atoms with Gasteiger partial charge in [0.15, 0.2) is 10.9 Å². The first-order valence-corrected chi connectivity index (χ1v) is 12.1. The predicted molar refractivity (Wildman–Crippen MR) is 143 cm³/mol. The average molecular weight is 564 g/mol. The molecular formula is C23H21BrCl2N6S. The van der Waals surface area contributed by atoms with Crippen molar-refractivity contribution in [3.63, 3.8) is 0 Å². The van der Waals surface area contributed by atoms with Gasteiger partial charge < -0.3 is 10.6 Å². The fraction of sp³-hybridized carbons (Fsp3) is 0.174. The molecule has 0 radical (unpaired) electrons. The fourth-order valence-electron chi connectivity index (χ4n) is 3.46. The lowest BCUT2D eigenvalue weighted by Crippen LogP contribution is -2.20. The highest BCUT2D eigenvalue weighted by molar-refractivity contribution is 9.10. The van der Waals surface area contributed by atoms with E-state index in [-0.39, 0.29) is 0 Å². The Kier molecular flexibility index (Phi) is 7.38. The summed E-state index contributed by atoms with van der Waals surface area (Å²) in [6.45, 7) is 5.12. The maximum absolute atomic E-state index is 6.27. The van der Waals surface area contributed by atoms with Crippen LogP contribution in [0.25, 0.3) is 0 Å². The molecule has 4 rings (SSSR count). The van der Waals surface area contributed by atoms with Crippen LogP contribution >= 0.6 is 51.3 Å². The standard InChI is InChI=1S/C23H21BrCl2N6S/c1-14-21(15(2)32(29-14)11-16-6-5-8-18(25)10-16)27-23(33)28-22-19(24)13-31(30-22)12-17-7-3-4-9-20(17)26/h3-10,13H,11-12H2,1-2H3,(H2,27,28,30,33). The molecule has 0 fully saturated rings. The van der Waals surface area contributed by atoms with Crippen molar-refractivity contribution < 1.29 is 0 Å². The number of halogens is 3. The third kappa shape index (κ3) is 5.76. The van der Waals surface area contributed by atoms with E-state index in [1.165, 1.54) is 0 Å². The Hall–Kier alpha value is -2.39. The minimum Gasteiger partial charge on any atom is -0.329 e. The van der Waals surface area contributed by atoms with Gasteiger partial charge in [0.25, 0.3) is 0 Å². The lowest BCUT2D eigenvalue weighted by molar-refractivity contribution is 0.659. The number of aryl methyl sites for hydroxylation is 1. The number of nitrogens with one attached hydrogen (secondary N) is 2. The smallest absolute Gasteiger partial charge is 0.176 e. The van der Waals surface area contributed by atoms with Gasteiger partial charge in [-0.2, -0.15) is 10.2 Å². The molecule has 6 nitrogen and oxygen atoms in total. The molecule has 0 saturated carbocycles. The van der Waals surface area contributed by atoms with Crippen molar-refractivity contribution in [2.24, 2.45) is 0 Å². The van der Waals surface area contributed by atoms with Gasteiger partial charge in [-0.15, -0.1) is 0 Å². The quantitative estimate of drug-likeness (QED) is 0.256. The van der Waals surface area contributed by atoms with E-state index in [4.69, 9.17) is 35.4 Å². The monoisotopic (exact) mass is 562 g/mol. The lowest BCUT2D eigenvalue weighted by Gasteiger charge is -2.10. The van der Waals surface area contributed by atoms with Crippen molar-refractivity contribution in [2.75, 3.05) is 10.6 Å². The highest BCUT2D eigenvalue weighted by atomic mass is 79.9. The van der Waals surface area contributed by atoms with Gasteiger partial charge in [0.1, 0.15) is 0 Å². The Morgan fingerprint density at radius 3 is 2.58 bits per heavy atom. The number of hydrogen-bond acceptors (Lipinski definition) is 3. The van der Waals surface area contributed by atoms with E-state index in [1.807, 2.05) is 73.3 Å². The van der Waals surface area contributed by atoms with Crippen LogP contribution < -0.4 is 10.6 Å². The molecule has 0 saturated heterocycles. The Balaban J connectivity index is 1.44. The summed E-state index contributed by atoms with van der Waals surface area (Å²) in [7, 11) is 0. The molecule has 0 aliphatic heterocycles. The zero-order valence-electron chi connectivity index (χ0n) is 17.9. The van der Waals surface area contributed by atoms with Gasteiger partial charge >= 0.3 is 0 Å². The van der Waals surface area contributed by atoms with Crippen LogP contribution in [0.2, 0.25) is 10.0 Å². The van der Waals surface area contributed by atoms with Crippen LogP contribution in [0.4, 0.5) is 11.5 Å². The SMILES string of the molecule is Cc1nn(Cc2cccc(Cl)c2)c(C)c1NC(=S)Nc1nn(Cc2ccccc2Cl)cc1Br. The number of benzene rings is 2. The normalized spacial score (nSPS) is 10.9. The highest BCUT2D eigenvalue weighted by Crippen LogP contribution is 2.25. The van der Waals surface area contributed by atoms with Crippen LogP contribution in [0.3, 0.4) is 0 Å². The van der Waals surface area contributed by atoms with Crippen LogP contribution in [-0.2, 0) is 13.1 Å². The van der Waals surface area contributed by atoms with Gasteiger partial charge in [0.2, 0.25) is 0 Å². The molecule has 0 atom stereocenters. The van der Waals surface area contributed by atoms with E-state index >= 15 is 0 Å². The second kappa shape index (κ2) is 10.3. The molecule has 170 valence electrons. The second-order valence-electron chi connectivity index (χ2n) is 7.53. The summed E-state index contributed by atoms with van der Waals surface area (Å²) >= 11 is 21.5. The molecule has 0 aliphatic rings. The number of thiocarbonyl (C=S) groups is 1. The van der Waals surface area contributed by atoms with Crippen LogP contribution in [0.15, 0.2) is 59.2 Å². The van der Waals surface area contributed by atoms with Crippen LogP contribution in [0.1, 0.15) is 22.5 Å². The van der Waals surface area contributed by atoms with Crippen molar-refractivity contribution in [1.29, 1.82) is 0 Å². The zero-order chi connectivity index (χ0) is 23.5. The molecule has 0 bridgehead atoms. The largest absolute Gasteiger partial charge is 0.329 e. The number of hydrogen-bond donors (Lipinski definition) is 2. The molecule has 2 N–H and O–H groups in total. The Morgan fingerprint density at radius 1 is 1.03 bits per heavy atom. The predicted octanol–water partition coefficient (Wildman–Crippen LogP) is 6.67. The fourth-order valence-corrected chi connectivity index (χ4v) is 4.48. The molecule has 0 aliphatic carbocycles. The van der Waals surface area contributed by atoms with E-state index < -0.39 is 0 Å². The molecule has 33 heavy (non-hydrogen) atoms. The molecule has 2 aromatic heterocycles. The van der Waals surface area contributed by atoms with Gasteiger partial charge in [-0.05, 0) is 71.3 Å². The third-order valence-corrected chi connectivity index (χ3v) is 6.47. The van der Waals surface area contributed by atoms with E-state index in [0.717, 1.165) is 32.7 Å². The maximum Gasteiger partial charge on any atom is 0.176 e. The van der Waals surface area contributed by atoms with Crippen molar-refractivity contribution in [1.82, 2.24) is 19.6 Å². The van der Waals surface area contributed by atoms with Crippen molar-refractivity contribution >= 4 is 68.0 Å². The van der Waals surface area contributed by atoms with E-state index in [9.17, 15) is 0 Å². The van der Waals surface area contributed by atoms with Crippen molar-refractivity contribution in [3.8, 4) is 0 Å². The molecular weight excluding hydrogens is 543 g/mol. The van der Waals surface area contributed by atoms with Gasteiger partial charge in [0.05, 0.1) is 34.6 Å². The summed E-state index contributed by atoms with van der Waals surface area (Å²) in [5, 5.41) is 17.5. The van der Waals surface area contributed by atoms with Crippen molar-refractivity contribution in [2.45, 2.75) is 26.9 Å².